The molecule has 0 saturated carbocycles. The molecule has 2 rings (SSSR count). The lowest BCUT2D eigenvalue weighted by Gasteiger charge is -2.22. The maximum atomic E-state index is 12.1. The van der Waals surface area contributed by atoms with Crippen molar-refractivity contribution in [2.24, 2.45) is 5.92 Å². The van der Waals surface area contributed by atoms with Gasteiger partial charge in [0.2, 0.25) is 5.91 Å². The molecule has 1 aliphatic rings. The van der Waals surface area contributed by atoms with Crippen molar-refractivity contribution in [1.29, 1.82) is 0 Å². The van der Waals surface area contributed by atoms with Gasteiger partial charge in [-0.1, -0.05) is 6.07 Å². The third kappa shape index (κ3) is 3.51. The molecular formula is C16H24N2O2. The predicted molar refractivity (Wildman–Crippen MR) is 81.3 cm³/mol. The molecule has 4 heteroatoms. The summed E-state index contributed by atoms with van der Waals surface area (Å²) in [5.41, 5.74) is 2.93. The van der Waals surface area contributed by atoms with Crippen molar-refractivity contribution in [3.05, 3.63) is 23.3 Å². The summed E-state index contributed by atoms with van der Waals surface area (Å²) in [4.78, 5) is 12.1. The molecule has 0 aromatic heterocycles. The number of carbonyl (C=O) groups excluding carboxylic acids is 1. The molecule has 1 aromatic carbocycles. The highest BCUT2D eigenvalue weighted by Crippen LogP contribution is 2.29. The van der Waals surface area contributed by atoms with Crippen LogP contribution in [-0.2, 0) is 4.79 Å². The number of aryl methyl sites for hydroxylation is 1. The van der Waals surface area contributed by atoms with Gasteiger partial charge in [0.1, 0.15) is 5.75 Å². The van der Waals surface area contributed by atoms with Gasteiger partial charge in [0.25, 0.3) is 0 Å². The van der Waals surface area contributed by atoms with Crippen LogP contribution in [0.2, 0.25) is 0 Å². The molecular weight excluding hydrogens is 252 g/mol. The largest absolute Gasteiger partial charge is 0.496 e. The van der Waals surface area contributed by atoms with Crippen LogP contribution in [0.5, 0.6) is 5.75 Å². The van der Waals surface area contributed by atoms with E-state index in [1.165, 1.54) is 0 Å². The van der Waals surface area contributed by atoms with Crippen molar-refractivity contribution < 1.29 is 9.53 Å². The van der Waals surface area contributed by atoms with Crippen molar-refractivity contribution in [2.75, 3.05) is 25.5 Å². The molecule has 1 saturated heterocycles. The minimum atomic E-state index is 0.103. The third-order valence-corrected chi connectivity index (χ3v) is 4.01. The average molecular weight is 276 g/mol. The van der Waals surface area contributed by atoms with Crippen LogP contribution >= 0.6 is 0 Å². The Labute approximate surface area is 120 Å². The number of amides is 1. The number of ether oxygens (including phenoxy) is 1. The van der Waals surface area contributed by atoms with E-state index in [0.29, 0.717) is 12.3 Å². The fourth-order valence-electron chi connectivity index (χ4n) is 2.83. The second-order valence-corrected chi connectivity index (χ2v) is 5.53. The van der Waals surface area contributed by atoms with Gasteiger partial charge in [0.05, 0.1) is 7.11 Å². The number of hydrogen-bond donors (Lipinski definition) is 2. The van der Waals surface area contributed by atoms with E-state index in [-0.39, 0.29) is 5.91 Å². The molecule has 0 unspecified atom stereocenters. The van der Waals surface area contributed by atoms with Gasteiger partial charge in [-0.05, 0) is 57.3 Å². The van der Waals surface area contributed by atoms with E-state index in [1.807, 2.05) is 26.0 Å². The van der Waals surface area contributed by atoms with E-state index in [4.69, 9.17) is 4.74 Å². The molecule has 0 radical (unpaired) electrons. The van der Waals surface area contributed by atoms with E-state index in [1.54, 1.807) is 7.11 Å². The van der Waals surface area contributed by atoms with Crippen LogP contribution in [0, 0.1) is 19.8 Å². The Hall–Kier alpha value is -1.55. The van der Waals surface area contributed by atoms with Crippen LogP contribution in [-0.4, -0.2) is 26.1 Å². The summed E-state index contributed by atoms with van der Waals surface area (Å²) in [6.07, 6.45) is 2.78. The molecule has 1 heterocycles. The van der Waals surface area contributed by atoms with E-state index in [0.717, 1.165) is 48.5 Å². The van der Waals surface area contributed by atoms with Crippen LogP contribution < -0.4 is 15.4 Å². The number of hydrogen-bond acceptors (Lipinski definition) is 3. The van der Waals surface area contributed by atoms with Crippen LogP contribution in [0.1, 0.15) is 30.4 Å². The zero-order chi connectivity index (χ0) is 14.5. The number of anilines is 1. The lowest BCUT2D eigenvalue weighted by Crippen LogP contribution is -2.30. The molecule has 1 amide bonds. The van der Waals surface area contributed by atoms with E-state index in [9.17, 15) is 4.79 Å². The number of methoxy groups -OCH3 is 1. The van der Waals surface area contributed by atoms with Crippen molar-refractivity contribution in [3.8, 4) is 5.75 Å². The van der Waals surface area contributed by atoms with E-state index >= 15 is 0 Å². The van der Waals surface area contributed by atoms with Gasteiger partial charge >= 0.3 is 0 Å². The van der Waals surface area contributed by atoms with Crippen molar-refractivity contribution in [3.63, 3.8) is 0 Å². The Kier molecular flexibility index (Phi) is 5.01. The maximum absolute atomic E-state index is 12.1. The van der Waals surface area contributed by atoms with Gasteiger partial charge in [-0.15, -0.1) is 0 Å². The van der Waals surface area contributed by atoms with Crippen LogP contribution in [0.15, 0.2) is 12.1 Å². The van der Waals surface area contributed by atoms with Crippen molar-refractivity contribution in [2.45, 2.75) is 33.1 Å². The van der Waals surface area contributed by atoms with Crippen molar-refractivity contribution >= 4 is 11.6 Å². The van der Waals surface area contributed by atoms with Gasteiger partial charge in [-0.3, -0.25) is 4.79 Å². The zero-order valence-electron chi connectivity index (χ0n) is 12.6. The Bertz CT molecular complexity index is 480. The Morgan fingerprint density at radius 3 is 2.70 bits per heavy atom. The number of nitrogens with one attached hydrogen (secondary N) is 2. The molecule has 1 aliphatic heterocycles. The zero-order valence-corrected chi connectivity index (χ0v) is 12.6. The van der Waals surface area contributed by atoms with Gasteiger partial charge in [-0.2, -0.15) is 0 Å². The first-order valence-electron chi connectivity index (χ1n) is 7.26. The summed E-state index contributed by atoms with van der Waals surface area (Å²) in [6.45, 7) is 6.03. The molecule has 0 bridgehead atoms. The van der Waals surface area contributed by atoms with Crippen LogP contribution in [0.4, 0.5) is 5.69 Å². The van der Waals surface area contributed by atoms with Crippen LogP contribution in [0.25, 0.3) is 0 Å². The number of benzene rings is 1. The second kappa shape index (κ2) is 6.75. The second-order valence-electron chi connectivity index (χ2n) is 5.53. The summed E-state index contributed by atoms with van der Waals surface area (Å²) < 4.78 is 5.39. The summed E-state index contributed by atoms with van der Waals surface area (Å²) in [5, 5.41) is 6.34. The first-order chi connectivity index (χ1) is 9.61. The molecule has 0 spiro atoms. The lowest BCUT2D eigenvalue weighted by atomic mass is 9.94. The maximum Gasteiger partial charge on any atom is 0.224 e. The van der Waals surface area contributed by atoms with Gasteiger partial charge in [0, 0.05) is 17.7 Å². The molecule has 1 aromatic rings. The molecule has 0 aliphatic carbocycles. The highest BCUT2D eigenvalue weighted by Gasteiger charge is 2.17. The highest BCUT2D eigenvalue weighted by atomic mass is 16.5. The topological polar surface area (TPSA) is 50.4 Å². The van der Waals surface area contributed by atoms with E-state index < -0.39 is 0 Å². The van der Waals surface area contributed by atoms with E-state index in [2.05, 4.69) is 10.6 Å². The molecule has 2 N–H and O–H groups in total. The predicted octanol–water partition coefficient (Wildman–Crippen LogP) is 2.64. The molecule has 110 valence electrons. The normalized spacial score (nSPS) is 15.9. The first kappa shape index (κ1) is 14.9. The minimum Gasteiger partial charge on any atom is -0.496 e. The number of carbonyl (C=O) groups is 1. The fourth-order valence-corrected chi connectivity index (χ4v) is 2.83. The fraction of sp³-hybridized carbons (Fsp3) is 0.562. The molecule has 20 heavy (non-hydrogen) atoms. The lowest BCUT2D eigenvalue weighted by molar-refractivity contribution is -0.117. The number of piperidine rings is 1. The smallest absolute Gasteiger partial charge is 0.224 e. The van der Waals surface area contributed by atoms with Gasteiger partial charge < -0.3 is 15.4 Å². The average Bonchev–Trinajstić information content (AvgIpc) is 2.44. The monoisotopic (exact) mass is 276 g/mol. The quantitative estimate of drug-likeness (QED) is 0.889. The van der Waals surface area contributed by atoms with Gasteiger partial charge in [0.15, 0.2) is 0 Å². The summed E-state index contributed by atoms with van der Waals surface area (Å²) >= 11 is 0. The Balaban J connectivity index is 2.00. The molecule has 4 nitrogen and oxygen atoms in total. The summed E-state index contributed by atoms with van der Waals surface area (Å²) in [5.74, 6) is 1.46. The van der Waals surface area contributed by atoms with Gasteiger partial charge in [-0.25, -0.2) is 0 Å². The molecule has 1 fully saturated rings. The SMILES string of the molecule is COc1c(C)ccc(NC(=O)CC2CCNCC2)c1C. The third-order valence-electron chi connectivity index (χ3n) is 4.01. The minimum absolute atomic E-state index is 0.103. The summed E-state index contributed by atoms with van der Waals surface area (Å²) in [7, 11) is 1.66. The first-order valence-corrected chi connectivity index (χ1v) is 7.26. The number of rotatable bonds is 4. The Morgan fingerprint density at radius 2 is 2.05 bits per heavy atom. The summed E-state index contributed by atoms with van der Waals surface area (Å²) in [6, 6.07) is 3.93. The standard InChI is InChI=1S/C16H24N2O2/c1-11-4-5-14(12(2)16(11)20-3)18-15(19)10-13-6-8-17-9-7-13/h4-5,13,17H,6-10H2,1-3H3,(H,18,19). The molecule has 0 atom stereocenters. The Morgan fingerprint density at radius 1 is 1.35 bits per heavy atom. The van der Waals surface area contributed by atoms with Crippen molar-refractivity contribution in [1.82, 2.24) is 5.32 Å². The highest BCUT2D eigenvalue weighted by molar-refractivity contribution is 5.92. The van der Waals surface area contributed by atoms with Crippen LogP contribution in [0.3, 0.4) is 0 Å².